The summed E-state index contributed by atoms with van der Waals surface area (Å²) in [5, 5.41) is 2.79. The maximum absolute atomic E-state index is 12.2. The fourth-order valence-corrected chi connectivity index (χ4v) is 3.95. The van der Waals surface area contributed by atoms with Gasteiger partial charge in [0.2, 0.25) is 0 Å². The van der Waals surface area contributed by atoms with Crippen LogP contribution in [0.3, 0.4) is 0 Å². The van der Waals surface area contributed by atoms with Crippen LogP contribution in [0.5, 0.6) is 5.75 Å². The average Bonchev–Trinajstić information content (AvgIpc) is 3.11. The Hall–Kier alpha value is -3.71. The summed E-state index contributed by atoms with van der Waals surface area (Å²) in [5.41, 5.74) is 6.82. The molecule has 1 amide bonds. The van der Waals surface area contributed by atoms with Crippen molar-refractivity contribution in [2.24, 2.45) is 0 Å². The maximum Gasteiger partial charge on any atom is 0.407 e. The Balaban J connectivity index is 1.30. The van der Waals surface area contributed by atoms with E-state index >= 15 is 0 Å². The van der Waals surface area contributed by atoms with Crippen LogP contribution in [0, 0.1) is 18.8 Å². The normalized spacial score (nSPS) is 11.7. The number of carbonyl (C=O) groups is 1. The van der Waals surface area contributed by atoms with E-state index in [4.69, 9.17) is 9.47 Å². The lowest BCUT2D eigenvalue weighted by Crippen LogP contribution is -2.26. The first-order valence-electron chi connectivity index (χ1n) is 10.4. The van der Waals surface area contributed by atoms with Gasteiger partial charge in [-0.1, -0.05) is 66.4 Å². The zero-order valence-electron chi connectivity index (χ0n) is 17.8. The Morgan fingerprint density at radius 3 is 2.35 bits per heavy atom. The van der Waals surface area contributed by atoms with Crippen LogP contribution in [0.2, 0.25) is 0 Å². The van der Waals surface area contributed by atoms with E-state index < -0.39 is 6.09 Å². The molecule has 1 N–H and O–H groups in total. The predicted molar refractivity (Wildman–Crippen MR) is 122 cm³/mol. The Kier molecular flexibility index (Phi) is 6.24. The minimum absolute atomic E-state index is 0.0618. The number of methoxy groups -OCH3 is 1. The first kappa shape index (κ1) is 20.6. The molecule has 0 fully saturated rings. The zero-order chi connectivity index (χ0) is 21.6. The molecule has 0 radical (unpaired) electrons. The first-order valence-corrected chi connectivity index (χ1v) is 10.4. The number of alkyl carbamates (subject to hydrolysis) is 1. The second-order valence-electron chi connectivity index (χ2n) is 7.51. The largest absolute Gasteiger partial charge is 0.495 e. The molecule has 0 aromatic heterocycles. The molecule has 0 atom stereocenters. The van der Waals surface area contributed by atoms with Gasteiger partial charge in [0.05, 0.1) is 12.7 Å². The van der Waals surface area contributed by atoms with E-state index in [0.717, 1.165) is 16.9 Å². The van der Waals surface area contributed by atoms with Crippen molar-refractivity contribution in [2.75, 3.05) is 20.3 Å². The quantitative estimate of drug-likeness (QED) is 0.459. The molecule has 0 saturated heterocycles. The average molecular weight is 412 g/mol. The number of benzene rings is 3. The molecule has 0 spiro atoms. The molecule has 31 heavy (non-hydrogen) atoms. The number of nitrogens with one attached hydrogen (secondary N) is 1. The predicted octanol–water partition coefficient (Wildman–Crippen LogP) is 5.28. The summed E-state index contributed by atoms with van der Waals surface area (Å²) in [7, 11) is 1.63. The molecule has 1 aliphatic rings. The van der Waals surface area contributed by atoms with Crippen LogP contribution in [0.15, 0.2) is 66.7 Å². The molecule has 3 aromatic carbocycles. The van der Waals surface area contributed by atoms with Crippen molar-refractivity contribution >= 4 is 6.09 Å². The Morgan fingerprint density at radius 2 is 1.68 bits per heavy atom. The highest BCUT2D eigenvalue weighted by Gasteiger charge is 2.28. The highest BCUT2D eigenvalue weighted by atomic mass is 16.5. The summed E-state index contributed by atoms with van der Waals surface area (Å²) < 4.78 is 10.9. The summed E-state index contributed by atoms with van der Waals surface area (Å²) in [6.07, 6.45) is 0.109. The molecule has 156 valence electrons. The number of fused-ring (bicyclic) bond motifs is 3. The number of hydrogen-bond donors (Lipinski definition) is 1. The minimum atomic E-state index is -0.420. The van der Waals surface area contributed by atoms with E-state index in [0.29, 0.717) is 19.6 Å². The van der Waals surface area contributed by atoms with Crippen molar-refractivity contribution < 1.29 is 14.3 Å². The van der Waals surface area contributed by atoms with Gasteiger partial charge < -0.3 is 14.8 Å². The number of amides is 1. The fraction of sp³-hybridized carbons (Fsp3) is 0.222. The number of carbonyl (C=O) groups excluding carboxylic acids is 1. The van der Waals surface area contributed by atoms with E-state index in [2.05, 4.69) is 41.4 Å². The van der Waals surface area contributed by atoms with E-state index in [9.17, 15) is 4.79 Å². The molecular weight excluding hydrogens is 386 g/mol. The van der Waals surface area contributed by atoms with Crippen LogP contribution in [0.1, 0.15) is 34.6 Å². The standard InChI is InChI=1S/C27H25NO3/c1-19-14-15-26(30-2)20(17-19)9-7-8-16-28-27(29)31-18-25-23-12-5-3-10-21(23)22-11-4-6-13-24(22)25/h3-6,10-15,17,25H,8,16,18H2,1-2H3,(H,28,29). The van der Waals surface area contributed by atoms with E-state index in [1.807, 2.05) is 49.4 Å². The number of rotatable bonds is 5. The van der Waals surface area contributed by atoms with Gasteiger partial charge in [-0.05, 0) is 46.9 Å². The Bertz CT molecular complexity index is 1110. The molecule has 0 unspecified atom stereocenters. The zero-order valence-corrected chi connectivity index (χ0v) is 17.8. The lowest BCUT2D eigenvalue weighted by Gasteiger charge is -2.14. The molecule has 0 aliphatic heterocycles. The van der Waals surface area contributed by atoms with Crippen molar-refractivity contribution in [1.29, 1.82) is 0 Å². The van der Waals surface area contributed by atoms with Crippen LogP contribution in [0.4, 0.5) is 4.79 Å². The number of aryl methyl sites for hydroxylation is 1. The molecular formula is C27H25NO3. The molecule has 0 bridgehead atoms. The molecule has 4 nitrogen and oxygen atoms in total. The number of hydrogen-bond acceptors (Lipinski definition) is 3. The third-order valence-electron chi connectivity index (χ3n) is 5.44. The summed E-state index contributed by atoms with van der Waals surface area (Å²) in [4.78, 5) is 12.2. The summed E-state index contributed by atoms with van der Waals surface area (Å²) >= 11 is 0. The number of ether oxygens (including phenoxy) is 2. The van der Waals surface area contributed by atoms with E-state index in [1.165, 1.54) is 22.3 Å². The van der Waals surface area contributed by atoms with Gasteiger partial charge >= 0.3 is 6.09 Å². The van der Waals surface area contributed by atoms with Crippen molar-refractivity contribution in [2.45, 2.75) is 19.3 Å². The SMILES string of the molecule is COc1ccc(C)cc1C#CCCNC(=O)OCC1c2ccccc2-c2ccccc21. The molecule has 1 aliphatic carbocycles. The van der Waals surface area contributed by atoms with Gasteiger partial charge in [0, 0.05) is 18.9 Å². The Morgan fingerprint density at radius 1 is 1.00 bits per heavy atom. The van der Waals surface area contributed by atoms with Gasteiger partial charge in [-0.2, -0.15) is 0 Å². The van der Waals surface area contributed by atoms with E-state index in [-0.39, 0.29) is 5.92 Å². The van der Waals surface area contributed by atoms with E-state index in [1.54, 1.807) is 7.11 Å². The van der Waals surface area contributed by atoms with Crippen molar-refractivity contribution in [1.82, 2.24) is 5.32 Å². The molecule has 4 rings (SSSR count). The highest BCUT2D eigenvalue weighted by Crippen LogP contribution is 2.44. The second kappa shape index (κ2) is 9.40. The second-order valence-corrected chi connectivity index (χ2v) is 7.51. The minimum Gasteiger partial charge on any atom is -0.495 e. The maximum atomic E-state index is 12.2. The lowest BCUT2D eigenvalue weighted by atomic mass is 9.98. The van der Waals surface area contributed by atoms with Crippen LogP contribution in [-0.2, 0) is 4.74 Å². The van der Waals surface area contributed by atoms with Gasteiger partial charge in [-0.15, -0.1) is 0 Å². The summed E-state index contributed by atoms with van der Waals surface area (Å²) in [5.74, 6) is 7.01. The molecule has 3 aromatic rings. The molecule has 0 saturated carbocycles. The Labute approximate surface area is 183 Å². The van der Waals surface area contributed by atoms with Gasteiger partial charge in [-0.3, -0.25) is 0 Å². The van der Waals surface area contributed by atoms with Crippen LogP contribution in [-0.4, -0.2) is 26.4 Å². The fourth-order valence-electron chi connectivity index (χ4n) is 3.95. The van der Waals surface area contributed by atoms with Gasteiger partial charge in [0.1, 0.15) is 12.4 Å². The first-order chi connectivity index (χ1) is 15.2. The molecule has 0 heterocycles. The van der Waals surface area contributed by atoms with Crippen LogP contribution in [0.25, 0.3) is 11.1 Å². The lowest BCUT2D eigenvalue weighted by molar-refractivity contribution is 0.143. The summed E-state index contributed by atoms with van der Waals surface area (Å²) in [6, 6.07) is 22.5. The topological polar surface area (TPSA) is 47.6 Å². The highest BCUT2D eigenvalue weighted by molar-refractivity contribution is 5.79. The monoisotopic (exact) mass is 411 g/mol. The van der Waals surface area contributed by atoms with Crippen molar-refractivity contribution in [3.63, 3.8) is 0 Å². The smallest absolute Gasteiger partial charge is 0.407 e. The molecule has 4 heteroatoms. The van der Waals surface area contributed by atoms with Gasteiger partial charge in [0.15, 0.2) is 0 Å². The van der Waals surface area contributed by atoms with Gasteiger partial charge in [0.25, 0.3) is 0 Å². The van der Waals surface area contributed by atoms with Crippen molar-refractivity contribution in [3.8, 4) is 28.7 Å². The van der Waals surface area contributed by atoms with Gasteiger partial charge in [-0.25, -0.2) is 4.79 Å². The van der Waals surface area contributed by atoms with Crippen LogP contribution < -0.4 is 10.1 Å². The third-order valence-corrected chi connectivity index (χ3v) is 5.44. The van der Waals surface area contributed by atoms with Crippen LogP contribution >= 0.6 is 0 Å². The summed E-state index contributed by atoms with van der Waals surface area (Å²) in [6.45, 7) is 2.76. The van der Waals surface area contributed by atoms with Crippen molar-refractivity contribution in [3.05, 3.63) is 89.0 Å². The third kappa shape index (κ3) is 4.57.